The predicted molar refractivity (Wildman–Crippen MR) is 296 cm³/mol. The van der Waals surface area contributed by atoms with Crippen molar-refractivity contribution in [3.63, 3.8) is 0 Å². The van der Waals surface area contributed by atoms with Gasteiger partial charge in [-0.15, -0.1) is 0 Å². The number of hydrogen-bond donors (Lipinski definition) is 1. The quantitative estimate of drug-likeness (QED) is 0.147. The molecule has 0 aromatic heterocycles. The molecule has 0 saturated carbocycles. The van der Waals surface area contributed by atoms with Crippen molar-refractivity contribution < 1.29 is 0 Å². The van der Waals surface area contributed by atoms with Crippen LogP contribution in [0.2, 0.25) is 0 Å². The van der Waals surface area contributed by atoms with Crippen molar-refractivity contribution >= 4 is 33.5 Å². The molecule has 10 aromatic carbocycles. The van der Waals surface area contributed by atoms with Crippen LogP contribution < -0.4 is 10.2 Å². The van der Waals surface area contributed by atoms with Gasteiger partial charge in [0.05, 0.1) is 11.7 Å². The van der Waals surface area contributed by atoms with Crippen molar-refractivity contribution in [3.05, 3.63) is 277 Å². The molecule has 2 aliphatic rings. The molecule has 2 heteroatoms. The van der Waals surface area contributed by atoms with Crippen molar-refractivity contribution in [2.45, 2.75) is 44.6 Å². The van der Waals surface area contributed by atoms with E-state index < -0.39 is 0 Å². The summed E-state index contributed by atoms with van der Waals surface area (Å²) in [4.78, 5) is 2.39. The summed E-state index contributed by atoms with van der Waals surface area (Å²) in [5.41, 5.74) is 21.2. The number of hydrogen-bond acceptors (Lipinski definition) is 2. The molecular formula is C68H56N2. The first kappa shape index (κ1) is 43.1. The number of fused-ring (bicyclic) bond motifs is 4. The van der Waals surface area contributed by atoms with E-state index in [0.717, 1.165) is 23.5 Å². The van der Waals surface area contributed by atoms with Gasteiger partial charge in [-0.25, -0.2) is 0 Å². The summed E-state index contributed by atoms with van der Waals surface area (Å²) in [6, 6.07) is 89.5. The van der Waals surface area contributed by atoms with Gasteiger partial charge >= 0.3 is 0 Å². The first-order valence-electron chi connectivity index (χ1n) is 24.9. The average Bonchev–Trinajstić information content (AvgIpc) is 3.66. The molecule has 338 valence electrons. The van der Waals surface area contributed by atoms with Crippen molar-refractivity contribution in [2.24, 2.45) is 5.92 Å². The topological polar surface area (TPSA) is 15.3 Å². The Morgan fingerprint density at radius 1 is 0.429 bits per heavy atom. The van der Waals surface area contributed by atoms with Crippen molar-refractivity contribution in [1.82, 2.24) is 5.32 Å². The van der Waals surface area contributed by atoms with E-state index in [0.29, 0.717) is 5.92 Å². The first-order valence-corrected chi connectivity index (χ1v) is 24.9. The summed E-state index contributed by atoms with van der Waals surface area (Å²) in [6.07, 6.45) is 3.58. The molecule has 0 fully saturated rings. The molecule has 0 amide bonds. The van der Waals surface area contributed by atoms with E-state index in [2.05, 4.69) is 280 Å². The zero-order valence-corrected chi connectivity index (χ0v) is 40.1. The van der Waals surface area contributed by atoms with Crippen LogP contribution in [0.3, 0.4) is 0 Å². The Labute approximate surface area is 413 Å². The third-order valence-corrected chi connectivity index (χ3v) is 15.3. The van der Waals surface area contributed by atoms with Gasteiger partial charge in [-0.3, -0.25) is 0 Å². The van der Waals surface area contributed by atoms with Gasteiger partial charge in [0.2, 0.25) is 0 Å². The Balaban J connectivity index is 0.857. The molecule has 3 atom stereocenters. The van der Waals surface area contributed by atoms with Crippen LogP contribution in [-0.2, 0) is 5.41 Å². The molecule has 0 bridgehead atoms. The number of benzene rings is 10. The van der Waals surface area contributed by atoms with Gasteiger partial charge < -0.3 is 10.2 Å². The number of rotatable bonds is 10. The molecule has 0 spiro atoms. The summed E-state index contributed by atoms with van der Waals surface area (Å²) in [7, 11) is 0. The Hall–Kier alpha value is -8.20. The third-order valence-electron chi connectivity index (χ3n) is 15.3. The van der Waals surface area contributed by atoms with Crippen LogP contribution in [0.1, 0.15) is 67.0 Å². The second-order valence-electron chi connectivity index (χ2n) is 19.6. The highest BCUT2D eigenvalue weighted by Crippen LogP contribution is 2.51. The maximum atomic E-state index is 4.07. The van der Waals surface area contributed by atoms with Gasteiger partial charge in [-0.2, -0.15) is 0 Å². The van der Waals surface area contributed by atoms with Gasteiger partial charge in [-0.05, 0) is 114 Å². The van der Waals surface area contributed by atoms with Crippen molar-refractivity contribution in [3.8, 4) is 44.5 Å². The molecule has 70 heavy (non-hydrogen) atoms. The van der Waals surface area contributed by atoms with Gasteiger partial charge in [-0.1, -0.05) is 246 Å². The lowest BCUT2D eigenvalue weighted by molar-refractivity contribution is 0.338. The van der Waals surface area contributed by atoms with Crippen LogP contribution in [0.25, 0.3) is 61.0 Å². The average molecular weight is 901 g/mol. The second kappa shape index (κ2) is 18.0. The highest BCUT2D eigenvalue weighted by atomic mass is 15.1. The zero-order valence-electron chi connectivity index (χ0n) is 40.1. The third kappa shape index (κ3) is 7.80. The molecule has 1 aliphatic carbocycles. The Bertz CT molecular complexity index is 3490. The maximum absolute atomic E-state index is 4.07. The predicted octanol–water partition coefficient (Wildman–Crippen LogP) is 18.1. The molecule has 0 saturated heterocycles. The lowest BCUT2D eigenvalue weighted by Crippen LogP contribution is -2.35. The smallest absolute Gasteiger partial charge is 0.0550 e. The molecule has 1 N–H and O–H groups in total. The van der Waals surface area contributed by atoms with E-state index in [4.69, 9.17) is 0 Å². The fourth-order valence-corrected chi connectivity index (χ4v) is 11.5. The van der Waals surface area contributed by atoms with Crippen LogP contribution in [-0.4, -0.2) is 0 Å². The zero-order chi connectivity index (χ0) is 47.2. The molecule has 1 aliphatic heterocycles. The van der Waals surface area contributed by atoms with Crippen LogP contribution >= 0.6 is 0 Å². The van der Waals surface area contributed by atoms with Crippen molar-refractivity contribution in [2.75, 3.05) is 4.90 Å². The van der Waals surface area contributed by atoms with Crippen LogP contribution in [0.5, 0.6) is 0 Å². The van der Waals surface area contributed by atoms with E-state index in [1.807, 2.05) is 0 Å². The van der Waals surface area contributed by atoms with Crippen LogP contribution in [0.15, 0.2) is 249 Å². The summed E-state index contributed by atoms with van der Waals surface area (Å²) >= 11 is 0. The Kier molecular flexibility index (Phi) is 11.1. The Morgan fingerprint density at radius 3 is 1.56 bits per heavy atom. The van der Waals surface area contributed by atoms with Gasteiger partial charge in [0.15, 0.2) is 0 Å². The number of nitrogens with zero attached hydrogens (tertiary/aromatic N) is 1. The Morgan fingerprint density at radius 2 is 0.929 bits per heavy atom. The molecule has 1 heterocycles. The molecule has 12 rings (SSSR count). The fourth-order valence-electron chi connectivity index (χ4n) is 11.5. The standard InChI is InChI=1S/C68H56N2/c1-4-58-62(55-38-43-61-60-23-13-14-24-63(60)68(2,3)64(61)44-55)45-65(69-67(58)54-19-9-6-10-20-54)53-32-30-49(31-33-53)51-36-41-57(42-37-51)70(66-25-15-21-52-18-11-12-22-59(52)66)56-39-34-50(35-40-56)48-28-26-47(27-29-48)46-16-7-5-8-17-46/h5-45,58,62,67,69H,4H2,1-3H3. The summed E-state index contributed by atoms with van der Waals surface area (Å²) in [6.45, 7) is 7.12. The summed E-state index contributed by atoms with van der Waals surface area (Å²) in [5.74, 6) is 0.633. The monoisotopic (exact) mass is 900 g/mol. The largest absolute Gasteiger partial charge is 0.378 e. The minimum Gasteiger partial charge on any atom is -0.378 e. The lowest BCUT2D eigenvalue weighted by Gasteiger charge is -2.39. The first-order chi connectivity index (χ1) is 34.4. The minimum absolute atomic E-state index is 0.0486. The van der Waals surface area contributed by atoms with E-state index in [9.17, 15) is 0 Å². The van der Waals surface area contributed by atoms with E-state index in [1.165, 1.54) is 88.8 Å². The number of anilines is 3. The SMILES string of the molecule is CCC1C(c2ccc3c(c2)C(C)(C)c2ccccc2-3)C=C(c2ccc(-c3ccc(N(c4ccc(-c5ccc(-c6ccccc6)cc5)cc4)c4cccc5ccccc45)cc3)cc2)NC1c1ccccc1. The van der Waals surface area contributed by atoms with E-state index >= 15 is 0 Å². The number of nitrogens with one attached hydrogen (secondary N) is 1. The van der Waals surface area contributed by atoms with E-state index in [-0.39, 0.29) is 17.4 Å². The summed E-state index contributed by atoms with van der Waals surface area (Å²) in [5, 5.41) is 6.50. The van der Waals surface area contributed by atoms with Crippen LogP contribution in [0.4, 0.5) is 17.1 Å². The molecule has 10 aromatic rings. The molecule has 2 nitrogen and oxygen atoms in total. The van der Waals surface area contributed by atoms with Gasteiger partial charge in [0, 0.05) is 33.8 Å². The molecule has 0 radical (unpaired) electrons. The van der Waals surface area contributed by atoms with Gasteiger partial charge in [0.1, 0.15) is 0 Å². The second-order valence-corrected chi connectivity index (χ2v) is 19.6. The molecule has 3 unspecified atom stereocenters. The lowest BCUT2D eigenvalue weighted by atomic mass is 9.73. The minimum atomic E-state index is -0.0486. The van der Waals surface area contributed by atoms with Gasteiger partial charge in [0.25, 0.3) is 0 Å². The van der Waals surface area contributed by atoms with Crippen LogP contribution in [0, 0.1) is 5.92 Å². The molecular weight excluding hydrogens is 845 g/mol. The maximum Gasteiger partial charge on any atom is 0.0550 e. The summed E-state index contributed by atoms with van der Waals surface area (Å²) < 4.78 is 0. The normalized spacial score (nSPS) is 16.7. The fraction of sp³-hybridized carbons (Fsp3) is 0.118. The highest BCUT2D eigenvalue weighted by molar-refractivity contribution is 5.99. The highest BCUT2D eigenvalue weighted by Gasteiger charge is 2.38. The van der Waals surface area contributed by atoms with Crippen molar-refractivity contribution in [1.29, 1.82) is 0 Å². The number of allylic oxidation sites excluding steroid dienone is 1. The van der Waals surface area contributed by atoms with E-state index in [1.54, 1.807) is 0 Å².